The van der Waals surface area contributed by atoms with E-state index < -0.39 is 11.9 Å². The minimum absolute atomic E-state index is 0.0553. The zero-order chi connectivity index (χ0) is 13.1. The van der Waals surface area contributed by atoms with Gasteiger partial charge >= 0.3 is 0 Å². The Balaban J connectivity index is 2.26. The molecule has 0 aliphatic heterocycles. The molecule has 1 aliphatic carbocycles. The molecule has 1 saturated carbocycles. The van der Waals surface area contributed by atoms with Crippen molar-refractivity contribution in [3.05, 3.63) is 29.6 Å². The number of carbonyl (C=O) groups is 1. The van der Waals surface area contributed by atoms with Crippen LogP contribution in [0.15, 0.2) is 18.2 Å². The maximum Gasteiger partial charge on any atom is 0.194 e. The van der Waals surface area contributed by atoms with Gasteiger partial charge < -0.3 is 9.47 Å². The highest BCUT2D eigenvalue weighted by atomic mass is 19.1. The standard InChI is InChI=1S/C14H17FO3/c1-3-18-14(9-7-8-9)13(16)10-5-4-6-11(17-2)12(10)15/h4-6,9,14H,3,7-8H2,1-2H3. The molecule has 0 bridgehead atoms. The Morgan fingerprint density at radius 1 is 1.50 bits per heavy atom. The predicted molar refractivity (Wildman–Crippen MR) is 65.4 cm³/mol. The summed E-state index contributed by atoms with van der Waals surface area (Å²) in [6.07, 6.45) is 1.43. The molecule has 0 N–H and O–H groups in total. The number of hydrogen-bond donors (Lipinski definition) is 0. The molecule has 1 unspecified atom stereocenters. The van der Waals surface area contributed by atoms with Crippen LogP contribution in [0, 0.1) is 11.7 Å². The van der Waals surface area contributed by atoms with E-state index in [4.69, 9.17) is 9.47 Å². The molecule has 0 saturated heterocycles. The topological polar surface area (TPSA) is 35.5 Å². The van der Waals surface area contributed by atoms with Gasteiger partial charge in [-0.15, -0.1) is 0 Å². The monoisotopic (exact) mass is 252 g/mol. The van der Waals surface area contributed by atoms with Crippen molar-refractivity contribution in [3.63, 3.8) is 0 Å². The van der Waals surface area contributed by atoms with Gasteiger partial charge in [-0.3, -0.25) is 4.79 Å². The summed E-state index contributed by atoms with van der Waals surface area (Å²) in [4.78, 5) is 12.3. The normalized spacial score (nSPS) is 16.4. The van der Waals surface area contributed by atoms with Crippen molar-refractivity contribution in [3.8, 4) is 5.75 Å². The fraction of sp³-hybridized carbons (Fsp3) is 0.500. The van der Waals surface area contributed by atoms with Crippen LogP contribution in [0.1, 0.15) is 30.1 Å². The summed E-state index contributed by atoms with van der Waals surface area (Å²) in [6, 6.07) is 4.60. The van der Waals surface area contributed by atoms with Gasteiger partial charge in [-0.2, -0.15) is 0 Å². The lowest BCUT2D eigenvalue weighted by molar-refractivity contribution is 0.0370. The van der Waals surface area contributed by atoms with Crippen LogP contribution in [0.5, 0.6) is 5.75 Å². The van der Waals surface area contributed by atoms with Crippen LogP contribution in [0.25, 0.3) is 0 Å². The van der Waals surface area contributed by atoms with Gasteiger partial charge in [0, 0.05) is 6.61 Å². The highest BCUT2D eigenvalue weighted by Crippen LogP contribution is 2.36. The Morgan fingerprint density at radius 3 is 2.78 bits per heavy atom. The molecule has 98 valence electrons. The van der Waals surface area contributed by atoms with Crippen LogP contribution in [-0.2, 0) is 4.74 Å². The summed E-state index contributed by atoms with van der Waals surface area (Å²) >= 11 is 0. The minimum atomic E-state index is -0.602. The summed E-state index contributed by atoms with van der Waals surface area (Å²) in [5, 5.41) is 0. The molecule has 1 aromatic rings. The Kier molecular flexibility index (Phi) is 3.97. The van der Waals surface area contributed by atoms with E-state index in [0.29, 0.717) is 6.61 Å². The van der Waals surface area contributed by atoms with Crippen molar-refractivity contribution in [2.45, 2.75) is 25.9 Å². The molecule has 0 aromatic heterocycles. The van der Waals surface area contributed by atoms with Gasteiger partial charge in [-0.25, -0.2) is 4.39 Å². The Bertz CT molecular complexity index is 441. The summed E-state index contributed by atoms with van der Waals surface area (Å²) in [7, 11) is 1.38. The van der Waals surface area contributed by atoms with Gasteiger partial charge in [-0.1, -0.05) is 6.07 Å². The smallest absolute Gasteiger partial charge is 0.194 e. The van der Waals surface area contributed by atoms with Crippen LogP contribution >= 0.6 is 0 Å². The molecule has 1 aromatic carbocycles. The molecule has 18 heavy (non-hydrogen) atoms. The zero-order valence-corrected chi connectivity index (χ0v) is 10.6. The fourth-order valence-electron chi connectivity index (χ4n) is 2.02. The average molecular weight is 252 g/mol. The third-order valence-electron chi connectivity index (χ3n) is 3.10. The van der Waals surface area contributed by atoms with Crippen LogP contribution in [0.2, 0.25) is 0 Å². The second kappa shape index (κ2) is 5.48. The van der Waals surface area contributed by atoms with Crippen molar-refractivity contribution in [2.24, 2.45) is 5.92 Å². The van der Waals surface area contributed by atoms with Gasteiger partial charge in [-0.05, 0) is 37.8 Å². The van der Waals surface area contributed by atoms with Crippen molar-refractivity contribution >= 4 is 5.78 Å². The third kappa shape index (κ3) is 2.53. The number of Topliss-reactive ketones (excluding diaryl/α,β-unsaturated/α-hetero) is 1. The summed E-state index contributed by atoms with van der Waals surface area (Å²) in [6.45, 7) is 2.29. The maximum absolute atomic E-state index is 14.0. The number of hydrogen-bond acceptors (Lipinski definition) is 3. The Labute approximate surface area is 106 Å². The van der Waals surface area contributed by atoms with E-state index in [9.17, 15) is 9.18 Å². The third-order valence-corrected chi connectivity index (χ3v) is 3.10. The van der Waals surface area contributed by atoms with Crippen molar-refractivity contribution in [1.29, 1.82) is 0 Å². The first-order chi connectivity index (χ1) is 8.69. The quantitative estimate of drug-likeness (QED) is 0.730. The van der Waals surface area contributed by atoms with E-state index in [-0.39, 0.29) is 23.0 Å². The lowest BCUT2D eigenvalue weighted by Crippen LogP contribution is -2.27. The van der Waals surface area contributed by atoms with Crippen LogP contribution < -0.4 is 4.74 Å². The molecule has 3 nitrogen and oxygen atoms in total. The summed E-state index contributed by atoms with van der Waals surface area (Å²) < 4.78 is 24.3. The van der Waals surface area contributed by atoms with E-state index in [2.05, 4.69) is 0 Å². The van der Waals surface area contributed by atoms with Crippen LogP contribution in [0.4, 0.5) is 4.39 Å². The molecule has 0 radical (unpaired) electrons. The predicted octanol–water partition coefficient (Wildman–Crippen LogP) is 2.83. The molecular weight excluding hydrogens is 235 g/mol. The largest absolute Gasteiger partial charge is 0.494 e. The number of methoxy groups -OCH3 is 1. The SMILES string of the molecule is CCOC(C(=O)c1cccc(OC)c1F)C1CC1. The van der Waals surface area contributed by atoms with Gasteiger partial charge in [0.25, 0.3) is 0 Å². The average Bonchev–Trinajstić information content (AvgIpc) is 3.20. The van der Waals surface area contributed by atoms with E-state index >= 15 is 0 Å². The molecule has 1 atom stereocenters. The number of benzene rings is 1. The van der Waals surface area contributed by atoms with Gasteiger partial charge in [0.05, 0.1) is 12.7 Å². The second-order valence-electron chi connectivity index (χ2n) is 4.40. The molecule has 2 rings (SSSR count). The first-order valence-electron chi connectivity index (χ1n) is 6.17. The lowest BCUT2D eigenvalue weighted by atomic mass is 10.0. The van der Waals surface area contributed by atoms with E-state index in [0.717, 1.165) is 12.8 Å². The number of rotatable bonds is 6. The number of ether oxygens (including phenoxy) is 2. The Hall–Kier alpha value is -1.42. The van der Waals surface area contributed by atoms with Crippen molar-refractivity contribution < 1.29 is 18.7 Å². The van der Waals surface area contributed by atoms with Crippen molar-refractivity contribution in [1.82, 2.24) is 0 Å². The number of halogens is 1. The molecule has 1 fully saturated rings. The van der Waals surface area contributed by atoms with E-state index in [1.807, 2.05) is 6.92 Å². The van der Waals surface area contributed by atoms with Crippen LogP contribution in [0.3, 0.4) is 0 Å². The first-order valence-corrected chi connectivity index (χ1v) is 6.17. The van der Waals surface area contributed by atoms with Crippen LogP contribution in [-0.4, -0.2) is 25.6 Å². The first kappa shape index (κ1) is 13.0. The highest BCUT2D eigenvalue weighted by Gasteiger charge is 2.38. The molecule has 0 heterocycles. The number of ketones is 1. The minimum Gasteiger partial charge on any atom is -0.494 e. The zero-order valence-electron chi connectivity index (χ0n) is 10.6. The molecule has 1 aliphatic rings. The van der Waals surface area contributed by atoms with Gasteiger partial charge in [0.15, 0.2) is 17.3 Å². The molecule has 0 amide bonds. The Morgan fingerprint density at radius 2 is 2.22 bits per heavy atom. The highest BCUT2D eigenvalue weighted by molar-refractivity contribution is 6.00. The van der Waals surface area contributed by atoms with Crippen molar-refractivity contribution in [2.75, 3.05) is 13.7 Å². The molecule has 4 heteroatoms. The number of carbonyl (C=O) groups excluding carboxylic acids is 1. The van der Waals surface area contributed by atoms with E-state index in [1.165, 1.54) is 19.2 Å². The van der Waals surface area contributed by atoms with E-state index in [1.54, 1.807) is 6.07 Å². The second-order valence-corrected chi connectivity index (χ2v) is 4.40. The maximum atomic E-state index is 14.0. The molecule has 0 spiro atoms. The van der Waals surface area contributed by atoms with Gasteiger partial charge in [0.1, 0.15) is 6.10 Å². The lowest BCUT2D eigenvalue weighted by Gasteiger charge is -2.16. The molecular formula is C14H17FO3. The summed E-state index contributed by atoms with van der Waals surface area (Å²) in [5.74, 6) is -0.555. The summed E-state index contributed by atoms with van der Waals surface area (Å²) in [5.41, 5.74) is 0.0553. The van der Waals surface area contributed by atoms with Gasteiger partial charge in [0.2, 0.25) is 0 Å². The fourth-order valence-corrected chi connectivity index (χ4v) is 2.02.